The van der Waals surface area contributed by atoms with Crippen molar-refractivity contribution in [3.8, 4) is 10.6 Å². The number of amides is 1. The number of carboxylic acids is 1. The molecule has 0 radical (unpaired) electrons. The maximum atomic E-state index is 13.0. The van der Waals surface area contributed by atoms with E-state index in [0.717, 1.165) is 16.0 Å². The highest BCUT2D eigenvalue weighted by Gasteiger charge is 2.37. The minimum atomic E-state index is -1.02. The minimum absolute atomic E-state index is 0.146. The number of carbonyl (C=O) groups is 2. The molecule has 3 heterocycles. The molecule has 0 unspecified atom stereocenters. The summed E-state index contributed by atoms with van der Waals surface area (Å²) < 4.78 is 5.39. The van der Waals surface area contributed by atoms with Crippen LogP contribution in [0.25, 0.3) is 10.6 Å². The second-order valence-corrected chi connectivity index (χ2v) is 6.72. The van der Waals surface area contributed by atoms with Crippen LogP contribution in [0.15, 0.2) is 52.6 Å². The molecule has 0 fully saturated rings. The molecule has 1 amide bonds. The Bertz CT molecular complexity index is 932. The van der Waals surface area contributed by atoms with E-state index in [0.29, 0.717) is 5.76 Å². The van der Waals surface area contributed by atoms with Gasteiger partial charge in [0.15, 0.2) is 17.8 Å². The molecule has 4 rings (SSSR count). The highest BCUT2D eigenvalue weighted by Crippen LogP contribution is 2.31. The summed E-state index contributed by atoms with van der Waals surface area (Å²) in [5.41, 5.74) is 2.06. The summed E-state index contributed by atoms with van der Waals surface area (Å²) in [5, 5.41) is 11.5. The van der Waals surface area contributed by atoms with Gasteiger partial charge in [0, 0.05) is 13.0 Å². The van der Waals surface area contributed by atoms with Gasteiger partial charge in [0.05, 0.1) is 4.88 Å². The van der Waals surface area contributed by atoms with E-state index in [1.54, 1.807) is 0 Å². The van der Waals surface area contributed by atoms with Crippen LogP contribution in [0.4, 0.5) is 0 Å². The highest BCUT2D eigenvalue weighted by atomic mass is 32.1. The van der Waals surface area contributed by atoms with E-state index in [-0.39, 0.29) is 18.7 Å². The Labute approximate surface area is 147 Å². The van der Waals surface area contributed by atoms with Crippen molar-refractivity contribution in [3.63, 3.8) is 0 Å². The summed E-state index contributed by atoms with van der Waals surface area (Å²) in [6.45, 7) is 0.239. The van der Waals surface area contributed by atoms with Crippen molar-refractivity contribution >= 4 is 23.2 Å². The maximum Gasteiger partial charge on any atom is 0.326 e. The average molecular weight is 354 g/mol. The zero-order chi connectivity index (χ0) is 17.4. The van der Waals surface area contributed by atoms with E-state index in [4.69, 9.17) is 4.42 Å². The maximum absolute atomic E-state index is 13.0. The van der Waals surface area contributed by atoms with Crippen LogP contribution < -0.4 is 0 Å². The second-order valence-electron chi connectivity index (χ2n) is 5.77. The molecule has 1 atom stereocenters. The van der Waals surface area contributed by atoms with Gasteiger partial charge in [-0.25, -0.2) is 9.78 Å². The number of thiophene rings is 1. The molecule has 2 aromatic heterocycles. The van der Waals surface area contributed by atoms with Crippen LogP contribution in [0.3, 0.4) is 0 Å². The number of nitrogens with zero attached hydrogens (tertiary/aromatic N) is 2. The molecule has 126 valence electrons. The van der Waals surface area contributed by atoms with Gasteiger partial charge >= 0.3 is 5.97 Å². The molecular weight excluding hydrogens is 340 g/mol. The number of hydrogen-bond acceptors (Lipinski definition) is 5. The van der Waals surface area contributed by atoms with E-state index in [1.165, 1.54) is 22.6 Å². The van der Waals surface area contributed by atoms with Crippen LogP contribution in [-0.2, 0) is 17.8 Å². The molecule has 0 saturated heterocycles. The van der Waals surface area contributed by atoms with Crippen molar-refractivity contribution in [1.29, 1.82) is 0 Å². The Hall–Kier alpha value is -2.93. The Morgan fingerprint density at radius 1 is 1.20 bits per heavy atom. The third kappa shape index (κ3) is 2.72. The number of rotatable bonds is 3. The fourth-order valence-electron chi connectivity index (χ4n) is 3.07. The van der Waals surface area contributed by atoms with Crippen LogP contribution in [0.1, 0.15) is 21.6 Å². The molecule has 1 aromatic carbocycles. The summed E-state index contributed by atoms with van der Waals surface area (Å²) in [6.07, 6.45) is 1.50. The van der Waals surface area contributed by atoms with E-state index in [2.05, 4.69) is 4.98 Å². The van der Waals surface area contributed by atoms with Crippen molar-refractivity contribution in [2.24, 2.45) is 0 Å². The average Bonchev–Trinajstić information content (AvgIpc) is 3.30. The largest absolute Gasteiger partial charge is 0.480 e. The van der Waals surface area contributed by atoms with Crippen molar-refractivity contribution < 1.29 is 19.1 Å². The lowest BCUT2D eigenvalue weighted by atomic mass is 9.93. The highest BCUT2D eigenvalue weighted by molar-refractivity contribution is 7.13. The molecule has 25 heavy (non-hydrogen) atoms. The van der Waals surface area contributed by atoms with Gasteiger partial charge in [-0.15, -0.1) is 11.3 Å². The molecule has 6 nitrogen and oxygen atoms in total. The first kappa shape index (κ1) is 15.6. The van der Waals surface area contributed by atoms with Gasteiger partial charge in [-0.1, -0.05) is 30.3 Å². The number of carbonyl (C=O) groups excluding carboxylic acids is 1. The van der Waals surface area contributed by atoms with Crippen LogP contribution >= 0.6 is 11.3 Å². The van der Waals surface area contributed by atoms with Gasteiger partial charge in [-0.3, -0.25) is 4.79 Å². The third-order valence-electron chi connectivity index (χ3n) is 4.31. The predicted octanol–water partition coefficient (Wildman–Crippen LogP) is 3.05. The minimum Gasteiger partial charge on any atom is -0.480 e. The first-order chi connectivity index (χ1) is 12.1. The second kappa shape index (κ2) is 6.18. The fourth-order valence-corrected chi connectivity index (χ4v) is 3.79. The lowest BCUT2D eigenvalue weighted by Gasteiger charge is -2.34. The predicted molar refractivity (Wildman–Crippen MR) is 91.3 cm³/mol. The van der Waals surface area contributed by atoms with Crippen LogP contribution in [0.2, 0.25) is 0 Å². The van der Waals surface area contributed by atoms with Crippen molar-refractivity contribution in [2.45, 2.75) is 19.0 Å². The van der Waals surface area contributed by atoms with Crippen LogP contribution in [0, 0.1) is 0 Å². The summed E-state index contributed by atoms with van der Waals surface area (Å²) in [6, 6.07) is 10.3. The molecule has 1 aliphatic rings. The SMILES string of the molecule is O=C(O)[C@@H]1Cc2ccccc2CN1C(=O)c1ncoc1-c1cccs1. The van der Waals surface area contributed by atoms with Gasteiger partial charge in [-0.05, 0) is 22.6 Å². The van der Waals surface area contributed by atoms with Crippen molar-refractivity contribution in [1.82, 2.24) is 9.88 Å². The van der Waals surface area contributed by atoms with E-state index >= 15 is 0 Å². The van der Waals surface area contributed by atoms with Crippen molar-refractivity contribution in [3.05, 3.63) is 65.0 Å². The number of aromatic nitrogens is 1. The molecule has 0 saturated carbocycles. The van der Waals surface area contributed by atoms with Crippen LogP contribution in [-0.4, -0.2) is 32.9 Å². The van der Waals surface area contributed by atoms with Crippen molar-refractivity contribution in [2.75, 3.05) is 0 Å². The van der Waals surface area contributed by atoms with E-state index in [9.17, 15) is 14.7 Å². The number of oxazole rings is 1. The monoisotopic (exact) mass is 354 g/mol. The summed E-state index contributed by atoms with van der Waals surface area (Å²) in [7, 11) is 0. The van der Waals surface area contributed by atoms with E-state index in [1.807, 2.05) is 41.8 Å². The van der Waals surface area contributed by atoms with Gasteiger partial charge in [-0.2, -0.15) is 0 Å². The molecule has 1 N–H and O–H groups in total. The molecule has 0 bridgehead atoms. The van der Waals surface area contributed by atoms with Crippen LogP contribution in [0.5, 0.6) is 0 Å². The number of benzene rings is 1. The summed E-state index contributed by atoms with van der Waals surface area (Å²) >= 11 is 1.43. The molecule has 0 aliphatic carbocycles. The first-order valence-electron chi connectivity index (χ1n) is 7.73. The summed E-state index contributed by atoms with van der Waals surface area (Å²) in [5.74, 6) is -1.08. The lowest BCUT2D eigenvalue weighted by Crippen LogP contribution is -2.48. The Balaban J connectivity index is 1.72. The van der Waals surface area contributed by atoms with Gasteiger partial charge in [0.25, 0.3) is 5.91 Å². The number of fused-ring (bicyclic) bond motifs is 1. The Kier molecular flexibility index (Phi) is 3.85. The first-order valence-corrected chi connectivity index (χ1v) is 8.61. The zero-order valence-corrected chi connectivity index (χ0v) is 13.9. The number of carboxylic acid groups (broad SMARTS) is 1. The van der Waals surface area contributed by atoms with Gasteiger partial charge in [0.2, 0.25) is 0 Å². The Morgan fingerprint density at radius 2 is 2.00 bits per heavy atom. The smallest absolute Gasteiger partial charge is 0.326 e. The Morgan fingerprint density at radius 3 is 2.72 bits per heavy atom. The summed E-state index contributed by atoms with van der Waals surface area (Å²) in [4.78, 5) is 31.0. The number of hydrogen-bond donors (Lipinski definition) is 1. The molecular formula is C18H14N2O4S. The molecule has 1 aliphatic heterocycles. The molecule has 3 aromatic rings. The van der Waals surface area contributed by atoms with Gasteiger partial charge in [0.1, 0.15) is 6.04 Å². The van der Waals surface area contributed by atoms with Gasteiger partial charge < -0.3 is 14.4 Å². The molecule has 0 spiro atoms. The molecule has 7 heteroatoms. The fraction of sp³-hybridized carbons (Fsp3) is 0.167. The normalized spacial score (nSPS) is 16.5. The topological polar surface area (TPSA) is 83.6 Å². The van der Waals surface area contributed by atoms with E-state index < -0.39 is 17.9 Å². The third-order valence-corrected chi connectivity index (χ3v) is 5.18. The zero-order valence-electron chi connectivity index (χ0n) is 13.1. The lowest BCUT2D eigenvalue weighted by molar-refractivity contribution is -0.142. The standard InChI is InChI=1S/C18H14N2O4S/c21-17(15-16(24-10-19-15)14-6-3-7-25-14)20-9-12-5-2-1-4-11(12)8-13(20)18(22)23/h1-7,10,13H,8-9H2,(H,22,23)/t13-/m0/s1. The quantitative estimate of drug-likeness (QED) is 0.781. The number of aliphatic carboxylic acids is 1.